The Morgan fingerprint density at radius 1 is 1.46 bits per heavy atom. The lowest BCUT2D eigenvalue weighted by atomic mass is 10.3. The van der Waals surface area contributed by atoms with Crippen LogP contribution in [0.25, 0.3) is 0 Å². The van der Waals surface area contributed by atoms with E-state index in [0.717, 1.165) is 30.3 Å². The van der Waals surface area contributed by atoms with E-state index in [1.165, 1.54) is 0 Å². The van der Waals surface area contributed by atoms with Crippen LogP contribution in [0.3, 0.4) is 0 Å². The number of nitrogens with one attached hydrogen (secondary N) is 2. The largest absolute Gasteiger partial charge is 0.373 e. The van der Waals surface area contributed by atoms with Crippen molar-refractivity contribution in [3.05, 3.63) is 17.6 Å². The first-order valence-corrected chi connectivity index (χ1v) is 4.49. The predicted octanol–water partition coefficient (Wildman–Crippen LogP) is 0.936. The molecule has 2 N–H and O–H groups in total. The summed E-state index contributed by atoms with van der Waals surface area (Å²) < 4.78 is 0. The van der Waals surface area contributed by atoms with Gasteiger partial charge in [0.15, 0.2) is 0 Å². The summed E-state index contributed by atoms with van der Waals surface area (Å²) >= 11 is 0. The van der Waals surface area contributed by atoms with Crippen molar-refractivity contribution in [3.63, 3.8) is 0 Å². The van der Waals surface area contributed by atoms with Gasteiger partial charge < -0.3 is 10.6 Å². The molecule has 0 saturated carbocycles. The van der Waals surface area contributed by atoms with Crippen molar-refractivity contribution < 1.29 is 0 Å². The number of hydrogen-bond acceptors (Lipinski definition) is 4. The quantitative estimate of drug-likeness (QED) is 0.724. The second kappa shape index (κ2) is 4.77. The molecule has 0 atom stereocenters. The van der Waals surface area contributed by atoms with E-state index in [2.05, 4.69) is 27.5 Å². The first kappa shape index (κ1) is 9.92. The van der Waals surface area contributed by atoms with Crippen LogP contribution in [0, 0.1) is 6.92 Å². The van der Waals surface area contributed by atoms with Crippen LogP contribution in [0.2, 0.25) is 0 Å². The zero-order valence-electron chi connectivity index (χ0n) is 8.39. The molecule has 0 spiro atoms. The molecule has 4 heteroatoms. The fourth-order valence-electron chi connectivity index (χ4n) is 1.10. The van der Waals surface area contributed by atoms with E-state index in [4.69, 9.17) is 0 Å². The Kier molecular flexibility index (Phi) is 3.64. The lowest BCUT2D eigenvalue weighted by Crippen LogP contribution is -2.14. The molecule has 13 heavy (non-hydrogen) atoms. The number of rotatable bonds is 4. The summed E-state index contributed by atoms with van der Waals surface area (Å²) in [5.41, 5.74) is 1.11. The van der Waals surface area contributed by atoms with Gasteiger partial charge in [-0.3, -0.25) is 0 Å². The normalized spacial score (nSPS) is 10.1. The third kappa shape index (κ3) is 2.66. The van der Waals surface area contributed by atoms with Gasteiger partial charge >= 0.3 is 0 Å². The molecule has 72 valence electrons. The molecule has 1 rings (SSSR count). The zero-order valence-corrected chi connectivity index (χ0v) is 8.39. The van der Waals surface area contributed by atoms with Gasteiger partial charge in [0.1, 0.15) is 11.6 Å². The molecule has 0 saturated heterocycles. The number of nitrogens with zero attached hydrogens (tertiary/aromatic N) is 2. The fourth-order valence-corrected chi connectivity index (χ4v) is 1.10. The van der Waals surface area contributed by atoms with Gasteiger partial charge in [-0.2, -0.15) is 0 Å². The fraction of sp³-hybridized carbons (Fsp3) is 0.556. The molecule has 4 nitrogen and oxygen atoms in total. The van der Waals surface area contributed by atoms with Crippen LogP contribution >= 0.6 is 0 Å². The summed E-state index contributed by atoms with van der Waals surface area (Å²) in [5.74, 6) is 1.71. The number of anilines is 1. The second-order valence-corrected chi connectivity index (χ2v) is 2.82. The number of aryl methyl sites for hydroxylation is 1. The van der Waals surface area contributed by atoms with E-state index in [0.29, 0.717) is 0 Å². The second-order valence-electron chi connectivity index (χ2n) is 2.82. The smallest absolute Gasteiger partial charge is 0.133 e. The predicted molar refractivity (Wildman–Crippen MR) is 53.7 cm³/mol. The lowest BCUT2D eigenvalue weighted by molar-refractivity contribution is 0.721. The summed E-state index contributed by atoms with van der Waals surface area (Å²) in [5, 5.41) is 6.29. The Morgan fingerprint density at radius 3 is 2.85 bits per heavy atom. The van der Waals surface area contributed by atoms with Gasteiger partial charge in [0.05, 0.1) is 0 Å². The van der Waals surface area contributed by atoms with Gasteiger partial charge in [0.2, 0.25) is 0 Å². The van der Waals surface area contributed by atoms with Crippen LogP contribution < -0.4 is 10.6 Å². The summed E-state index contributed by atoms with van der Waals surface area (Å²) in [6, 6.07) is 0. The van der Waals surface area contributed by atoms with Gasteiger partial charge in [-0.1, -0.05) is 6.92 Å². The lowest BCUT2D eigenvalue weighted by Gasteiger charge is -2.08. The van der Waals surface area contributed by atoms with Crippen LogP contribution in [0.15, 0.2) is 6.20 Å². The molecule has 1 aromatic rings. The molecule has 0 aliphatic rings. The minimum atomic E-state index is 0.796. The van der Waals surface area contributed by atoms with Gasteiger partial charge in [-0.25, -0.2) is 9.97 Å². The first-order chi connectivity index (χ1) is 6.27. The van der Waals surface area contributed by atoms with E-state index in [1.54, 1.807) is 0 Å². The Balaban J connectivity index is 2.79. The molecular weight excluding hydrogens is 164 g/mol. The highest BCUT2D eigenvalue weighted by Gasteiger charge is 2.02. The van der Waals surface area contributed by atoms with Gasteiger partial charge in [-0.15, -0.1) is 0 Å². The SMILES string of the molecule is CCNCc1cnc(C)nc1NC. The molecule has 0 fully saturated rings. The Labute approximate surface area is 78.8 Å². The minimum absolute atomic E-state index is 0.796. The van der Waals surface area contributed by atoms with Crippen molar-refractivity contribution in [3.8, 4) is 0 Å². The van der Waals surface area contributed by atoms with Crippen LogP contribution in [0.1, 0.15) is 18.3 Å². The van der Waals surface area contributed by atoms with Gasteiger partial charge in [-0.05, 0) is 13.5 Å². The van der Waals surface area contributed by atoms with E-state index >= 15 is 0 Å². The average molecular weight is 180 g/mol. The van der Waals surface area contributed by atoms with Crippen molar-refractivity contribution in [2.45, 2.75) is 20.4 Å². The summed E-state index contributed by atoms with van der Waals surface area (Å²) in [6.45, 7) is 5.73. The molecular formula is C9H16N4. The molecule has 1 aromatic heterocycles. The molecule has 1 heterocycles. The summed E-state index contributed by atoms with van der Waals surface area (Å²) in [4.78, 5) is 8.43. The van der Waals surface area contributed by atoms with E-state index < -0.39 is 0 Å². The first-order valence-electron chi connectivity index (χ1n) is 4.49. The van der Waals surface area contributed by atoms with Crippen molar-refractivity contribution in [1.82, 2.24) is 15.3 Å². The number of hydrogen-bond donors (Lipinski definition) is 2. The minimum Gasteiger partial charge on any atom is -0.373 e. The molecule has 0 aromatic carbocycles. The van der Waals surface area contributed by atoms with Gasteiger partial charge in [0, 0.05) is 25.4 Å². The topological polar surface area (TPSA) is 49.8 Å². The van der Waals surface area contributed by atoms with E-state index in [-0.39, 0.29) is 0 Å². The molecule has 0 amide bonds. The van der Waals surface area contributed by atoms with Crippen molar-refractivity contribution in [1.29, 1.82) is 0 Å². The van der Waals surface area contributed by atoms with Crippen LogP contribution in [-0.4, -0.2) is 23.6 Å². The monoisotopic (exact) mass is 180 g/mol. The van der Waals surface area contributed by atoms with E-state index in [9.17, 15) is 0 Å². The maximum absolute atomic E-state index is 4.28. The third-order valence-electron chi connectivity index (χ3n) is 1.79. The zero-order chi connectivity index (χ0) is 9.68. The van der Waals surface area contributed by atoms with Crippen molar-refractivity contribution >= 4 is 5.82 Å². The van der Waals surface area contributed by atoms with Crippen LogP contribution in [0.4, 0.5) is 5.82 Å². The highest BCUT2D eigenvalue weighted by molar-refractivity contribution is 5.42. The van der Waals surface area contributed by atoms with Crippen LogP contribution in [0.5, 0.6) is 0 Å². The molecule has 0 radical (unpaired) electrons. The third-order valence-corrected chi connectivity index (χ3v) is 1.79. The highest BCUT2D eigenvalue weighted by atomic mass is 15.0. The number of aromatic nitrogens is 2. The standard InChI is InChI=1S/C9H16N4/c1-4-11-5-8-6-12-7(2)13-9(8)10-3/h6,11H,4-5H2,1-3H3,(H,10,12,13). The van der Waals surface area contributed by atoms with Crippen molar-refractivity contribution in [2.24, 2.45) is 0 Å². The highest BCUT2D eigenvalue weighted by Crippen LogP contribution is 2.09. The summed E-state index contributed by atoms with van der Waals surface area (Å²) in [7, 11) is 1.87. The molecule has 0 aliphatic carbocycles. The summed E-state index contributed by atoms with van der Waals surface area (Å²) in [6.07, 6.45) is 1.86. The Morgan fingerprint density at radius 2 is 2.23 bits per heavy atom. The maximum Gasteiger partial charge on any atom is 0.133 e. The van der Waals surface area contributed by atoms with Gasteiger partial charge in [0.25, 0.3) is 0 Å². The van der Waals surface area contributed by atoms with Crippen LogP contribution in [-0.2, 0) is 6.54 Å². The average Bonchev–Trinajstić information content (AvgIpc) is 2.16. The Hall–Kier alpha value is -1.16. The molecule has 0 bridgehead atoms. The maximum atomic E-state index is 4.28. The Bertz CT molecular complexity index is 272. The molecule has 0 aliphatic heterocycles. The molecule has 0 unspecified atom stereocenters. The van der Waals surface area contributed by atoms with E-state index in [1.807, 2.05) is 20.2 Å². The van der Waals surface area contributed by atoms with Crippen molar-refractivity contribution in [2.75, 3.05) is 18.9 Å².